The van der Waals surface area contributed by atoms with Gasteiger partial charge in [-0.3, -0.25) is 24.0 Å². The number of ketones is 1. The van der Waals surface area contributed by atoms with Gasteiger partial charge >= 0.3 is 41.9 Å². The molecule has 0 spiro atoms. The first-order valence-corrected chi connectivity index (χ1v) is 27.1. The molecule has 80 heavy (non-hydrogen) atoms. The molecule has 0 heterocycles. The second-order valence-corrected chi connectivity index (χ2v) is 19.3. The number of aryl methyl sites for hydroxylation is 2. The van der Waals surface area contributed by atoms with Gasteiger partial charge in [0.2, 0.25) is 0 Å². The summed E-state index contributed by atoms with van der Waals surface area (Å²) < 4.78 is 37.2. The van der Waals surface area contributed by atoms with Crippen LogP contribution in [0.4, 0.5) is 4.79 Å². The highest BCUT2D eigenvalue weighted by Crippen LogP contribution is 2.22. The fourth-order valence-corrected chi connectivity index (χ4v) is 7.82. The molecular weight excluding hydrogens is 1030 g/mol. The van der Waals surface area contributed by atoms with E-state index in [4.69, 9.17) is 33.2 Å². The summed E-state index contributed by atoms with van der Waals surface area (Å²) in [6.45, 7) is 12.6. The van der Waals surface area contributed by atoms with Crippen LogP contribution in [0.15, 0.2) is 121 Å². The van der Waals surface area contributed by atoms with Crippen LogP contribution >= 0.6 is 0 Å². The van der Waals surface area contributed by atoms with Gasteiger partial charge in [-0.2, -0.15) is 0 Å². The number of hydrogen-bond donors (Lipinski definition) is 3. The van der Waals surface area contributed by atoms with Gasteiger partial charge in [-0.25, -0.2) is 14.4 Å². The molecule has 0 radical (unpaired) electrons. The average molecular weight is 1110 g/mol. The van der Waals surface area contributed by atoms with E-state index in [2.05, 4.69) is 30.7 Å². The minimum atomic E-state index is -0.812. The third-order valence-electron chi connectivity index (χ3n) is 12.2. The lowest BCUT2D eigenvalue weighted by molar-refractivity contribution is -0.154. The molecule has 430 valence electrons. The second kappa shape index (κ2) is 36.1. The van der Waals surface area contributed by atoms with E-state index in [1.165, 1.54) is 32.4 Å². The van der Waals surface area contributed by atoms with E-state index in [0.29, 0.717) is 38.1 Å². The summed E-state index contributed by atoms with van der Waals surface area (Å²) in [5.41, 5.74) is 3.72. The summed E-state index contributed by atoms with van der Waals surface area (Å²) in [4.78, 5) is 100. The minimum Gasteiger partial charge on any atom is -0.508 e. The van der Waals surface area contributed by atoms with Crippen molar-refractivity contribution in [3.05, 3.63) is 144 Å². The van der Waals surface area contributed by atoms with E-state index in [9.17, 15) is 43.5 Å². The Morgan fingerprint density at radius 1 is 0.500 bits per heavy atom. The van der Waals surface area contributed by atoms with Gasteiger partial charge in [-0.1, -0.05) is 94.3 Å². The largest absolute Gasteiger partial charge is 0.508 e. The van der Waals surface area contributed by atoms with E-state index in [-0.39, 0.29) is 106 Å². The molecule has 0 saturated heterocycles. The van der Waals surface area contributed by atoms with Gasteiger partial charge < -0.3 is 48.9 Å². The number of amides is 1. The lowest BCUT2D eigenvalue weighted by Gasteiger charge is -2.18. The van der Waals surface area contributed by atoms with Gasteiger partial charge in [0.25, 0.3) is 0 Å². The van der Waals surface area contributed by atoms with Crippen LogP contribution in [0, 0.1) is 5.92 Å². The molecule has 0 aliphatic rings. The van der Waals surface area contributed by atoms with Crippen LogP contribution in [0.25, 0.3) is 0 Å². The molecule has 0 aliphatic heterocycles. The molecule has 0 unspecified atom stereocenters. The van der Waals surface area contributed by atoms with Gasteiger partial charge in [-0.15, -0.1) is 0 Å². The molecule has 3 N–H and O–H groups in total. The van der Waals surface area contributed by atoms with Crippen molar-refractivity contribution in [3.63, 3.8) is 0 Å². The molecule has 4 aromatic carbocycles. The normalized spacial score (nSPS) is 11.5. The zero-order valence-electron chi connectivity index (χ0n) is 46.2. The molecule has 2 atom stereocenters. The zero-order chi connectivity index (χ0) is 58.1. The van der Waals surface area contributed by atoms with Crippen molar-refractivity contribution in [2.24, 2.45) is 5.92 Å². The Balaban J connectivity index is 1.18. The first kappa shape index (κ1) is 64.4. The van der Waals surface area contributed by atoms with Crippen molar-refractivity contribution in [2.75, 3.05) is 39.5 Å². The summed E-state index contributed by atoms with van der Waals surface area (Å²) in [6, 6.07) is 26.1. The number of carbonyl (C=O) groups is 8. The highest BCUT2D eigenvalue weighted by molar-refractivity contribution is 5.87. The van der Waals surface area contributed by atoms with E-state index in [1.807, 2.05) is 12.1 Å². The Morgan fingerprint density at radius 3 is 1.52 bits per heavy atom. The third-order valence-corrected chi connectivity index (χ3v) is 12.2. The van der Waals surface area contributed by atoms with Crippen LogP contribution in [-0.2, 0) is 78.2 Å². The number of carbonyl (C=O) groups excluding carboxylic acids is 8. The first-order valence-electron chi connectivity index (χ1n) is 27.1. The molecule has 1 amide bonds. The standard InChI is InChI=1S/C62H76N2O16/c1-6-7-8-9-10-34-64-62(73)80-54-30-19-45(20-31-54)13-12-35-63-55(61(72)77-39-37-75-59(70)44(4)5)41-48-23-32-53(33-24-48)79-57(68)15-11-14-56(67)78-52-28-21-46(22-29-52)16-27-51(66)42-49(40-47-17-25-50(65)26-18-47)60(71)76-38-36-74-58(69)43(2)3/h17-26,28-33,49,55,63,65H,2,4,6-16,27,34-42H2,1,3,5H3,(H,64,73)/t49-,55+/m1/s1. The van der Waals surface area contributed by atoms with E-state index in [0.717, 1.165) is 47.9 Å². The molecule has 18 heteroatoms. The molecule has 0 saturated carbocycles. The minimum absolute atomic E-state index is 0.0563. The lowest BCUT2D eigenvalue weighted by Crippen LogP contribution is -2.41. The summed E-state index contributed by atoms with van der Waals surface area (Å²) in [6.07, 6.45) is 7.19. The molecule has 4 rings (SSSR count). The van der Waals surface area contributed by atoms with Crippen LogP contribution in [-0.4, -0.2) is 98.4 Å². The summed E-state index contributed by atoms with van der Waals surface area (Å²) in [5.74, 6) is -3.39. The highest BCUT2D eigenvalue weighted by Gasteiger charge is 2.25. The summed E-state index contributed by atoms with van der Waals surface area (Å²) in [7, 11) is 0. The van der Waals surface area contributed by atoms with Crippen LogP contribution in [0.2, 0.25) is 0 Å². The number of unbranched alkanes of at least 4 members (excludes halogenated alkanes) is 4. The number of phenolic OH excluding ortho intramolecular Hbond substituents is 1. The van der Waals surface area contributed by atoms with E-state index < -0.39 is 53.9 Å². The molecule has 0 aliphatic carbocycles. The fourth-order valence-electron chi connectivity index (χ4n) is 7.82. The van der Waals surface area contributed by atoms with Crippen molar-refractivity contribution >= 4 is 47.7 Å². The predicted octanol–water partition coefficient (Wildman–Crippen LogP) is 9.34. The Morgan fingerprint density at radius 2 is 0.975 bits per heavy atom. The van der Waals surface area contributed by atoms with Gasteiger partial charge in [0.1, 0.15) is 61.3 Å². The Kier molecular flexibility index (Phi) is 29.1. The molecule has 0 aromatic heterocycles. The number of ether oxygens (including phenoxy) is 7. The number of benzene rings is 4. The Bertz CT molecular complexity index is 2650. The van der Waals surface area contributed by atoms with Crippen molar-refractivity contribution in [1.82, 2.24) is 10.6 Å². The number of hydrogen-bond acceptors (Lipinski definition) is 17. The van der Waals surface area contributed by atoms with Gasteiger partial charge in [0.15, 0.2) is 0 Å². The SMILES string of the molecule is C=C(C)C(=O)OCCOC(=O)[C@@H](CC(=O)CCc1ccc(OC(=O)CCCC(=O)Oc2ccc(C[C@H](NCCCc3ccc(OC(=O)NCCCCCCC)cc3)C(=O)OCCOC(=O)C(=C)C)cc2)cc1)Cc1ccc(O)cc1. The topological polar surface area (TPSA) is 245 Å². The molecular formula is C62H76N2O16. The van der Waals surface area contributed by atoms with Crippen molar-refractivity contribution in [2.45, 2.75) is 123 Å². The number of Topliss-reactive ketones (excluding diaryl/α,β-unsaturated/α-hetero) is 1. The maximum atomic E-state index is 13.3. The maximum absolute atomic E-state index is 13.3. The van der Waals surface area contributed by atoms with E-state index in [1.54, 1.807) is 72.8 Å². The summed E-state index contributed by atoms with van der Waals surface area (Å²) >= 11 is 0. The van der Waals surface area contributed by atoms with Gasteiger partial charge in [0.05, 0.1) is 5.92 Å². The first-order chi connectivity index (χ1) is 38.5. The number of phenols is 1. The Hall–Kier alpha value is -8.12. The molecule has 0 bridgehead atoms. The average Bonchev–Trinajstić information content (AvgIpc) is 3.43. The number of nitrogens with one attached hydrogen (secondary N) is 2. The van der Waals surface area contributed by atoms with Crippen LogP contribution < -0.4 is 24.8 Å². The molecule has 18 nitrogen and oxygen atoms in total. The number of esters is 6. The molecule has 0 fully saturated rings. The van der Waals surface area contributed by atoms with Crippen LogP contribution in [0.5, 0.6) is 23.0 Å². The van der Waals surface area contributed by atoms with Crippen molar-refractivity contribution in [3.8, 4) is 23.0 Å². The lowest BCUT2D eigenvalue weighted by atomic mass is 9.92. The second-order valence-electron chi connectivity index (χ2n) is 19.3. The maximum Gasteiger partial charge on any atom is 0.412 e. The van der Waals surface area contributed by atoms with Crippen LogP contribution in [0.1, 0.15) is 114 Å². The predicted molar refractivity (Wildman–Crippen MR) is 298 cm³/mol. The van der Waals surface area contributed by atoms with Gasteiger partial charge in [-0.05, 0) is 136 Å². The van der Waals surface area contributed by atoms with Crippen molar-refractivity contribution in [1.29, 1.82) is 0 Å². The van der Waals surface area contributed by atoms with Crippen molar-refractivity contribution < 1.29 is 76.6 Å². The third kappa shape index (κ3) is 26.5. The smallest absolute Gasteiger partial charge is 0.412 e. The molecule has 4 aromatic rings. The van der Waals surface area contributed by atoms with Crippen LogP contribution in [0.3, 0.4) is 0 Å². The fraction of sp³-hybridized carbons (Fsp3) is 0.419. The highest BCUT2D eigenvalue weighted by atomic mass is 16.6. The monoisotopic (exact) mass is 1100 g/mol. The number of aromatic hydroxyl groups is 1. The van der Waals surface area contributed by atoms with Gasteiger partial charge in [0, 0.05) is 43.4 Å². The Labute approximate surface area is 468 Å². The number of rotatable bonds is 37. The van der Waals surface area contributed by atoms with E-state index >= 15 is 0 Å². The quantitative estimate of drug-likeness (QED) is 0.0125. The zero-order valence-corrected chi connectivity index (χ0v) is 46.2. The summed E-state index contributed by atoms with van der Waals surface area (Å²) in [5, 5.41) is 15.7.